The second-order valence-electron chi connectivity index (χ2n) is 5.95. The van der Waals surface area contributed by atoms with E-state index in [1.165, 1.54) is 5.71 Å². The van der Waals surface area contributed by atoms with Crippen LogP contribution < -0.4 is 0 Å². The highest BCUT2D eigenvalue weighted by Gasteiger charge is 2.35. The van der Waals surface area contributed by atoms with Crippen LogP contribution in [0.3, 0.4) is 0 Å². The van der Waals surface area contributed by atoms with Crippen molar-refractivity contribution in [3.63, 3.8) is 0 Å². The summed E-state index contributed by atoms with van der Waals surface area (Å²) in [7, 11) is 0. The first-order valence-electron chi connectivity index (χ1n) is 4.98. The number of hydrogen-bond acceptors (Lipinski definition) is 1. The van der Waals surface area contributed by atoms with Gasteiger partial charge in [0.15, 0.2) is 0 Å². The molecule has 0 saturated heterocycles. The Morgan fingerprint density at radius 2 is 1.62 bits per heavy atom. The zero-order chi connectivity index (χ0) is 10.3. The maximum absolute atomic E-state index is 4.49. The van der Waals surface area contributed by atoms with E-state index in [1.54, 1.807) is 0 Å². The molecule has 1 heterocycles. The van der Waals surface area contributed by atoms with E-state index < -0.39 is 0 Å². The molecule has 0 aromatic rings. The Labute approximate surface area is 82.0 Å². The van der Waals surface area contributed by atoms with Crippen molar-refractivity contribution in [1.82, 2.24) is 0 Å². The van der Waals surface area contributed by atoms with Gasteiger partial charge in [0.1, 0.15) is 0 Å². The third-order valence-corrected chi connectivity index (χ3v) is 2.49. The molecule has 1 rings (SSSR count). The lowest BCUT2D eigenvalue weighted by atomic mass is 9.71. The van der Waals surface area contributed by atoms with E-state index in [4.69, 9.17) is 0 Å². The summed E-state index contributed by atoms with van der Waals surface area (Å²) in [5.74, 6) is 0.507. The van der Waals surface area contributed by atoms with Gasteiger partial charge in [-0.25, -0.2) is 0 Å². The largest absolute Gasteiger partial charge is 0.265 e. The van der Waals surface area contributed by atoms with Gasteiger partial charge in [0.25, 0.3) is 0 Å². The van der Waals surface area contributed by atoms with Crippen molar-refractivity contribution >= 4 is 5.71 Å². The van der Waals surface area contributed by atoms with Gasteiger partial charge in [-0.05, 0) is 5.41 Å². The molecule has 1 aliphatic rings. The number of aliphatic imine (C=N–C) groups is 1. The molecule has 0 spiro atoms. The van der Waals surface area contributed by atoms with Crippen LogP contribution in [0.15, 0.2) is 17.3 Å². The van der Waals surface area contributed by atoms with E-state index in [0.29, 0.717) is 11.3 Å². The Morgan fingerprint density at radius 1 is 1.08 bits per heavy atom. The Hall–Kier alpha value is -0.590. The summed E-state index contributed by atoms with van der Waals surface area (Å²) in [6, 6.07) is 0. The van der Waals surface area contributed by atoms with E-state index in [0.717, 1.165) is 0 Å². The van der Waals surface area contributed by atoms with Crippen molar-refractivity contribution in [2.45, 2.75) is 41.5 Å². The minimum atomic E-state index is 0.196. The summed E-state index contributed by atoms with van der Waals surface area (Å²) in [5.41, 5.74) is 1.81. The molecular weight excluding hydrogens is 158 g/mol. The molecule has 74 valence electrons. The van der Waals surface area contributed by atoms with Crippen LogP contribution in [0.25, 0.3) is 0 Å². The van der Waals surface area contributed by atoms with Crippen molar-refractivity contribution in [2.24, 2.45) is 21.7 Å². The summed E-state index contributed by atoms with van der Waals surface area (Å²) in [4.78, 5) is 4.49. The third-order valence-electron chi connectivity index (χ3n) is 2.49. The van der Waals surface area contributed by atoms with Gasteiger partial charge in [0.05, 0.1) is 0 Å². The normalized spacial score (nSPS) is 23.5. The topological polar surface area (TPSA) is 12.4 Å². The molecule has 0 aliphatic carbocycles. The molecule has 0 radical (unpaired) electrons. The van der Waals surface area contributed by atoms with E-state index in [1.807, 2.05) is 6.20 Å². The SMILES string of the molecule is CC(C)(C)C1=NC=CC1C(C)(C)C. The first-order chi connectivity index (χ1) is 5.73. The Morgan fingerprint density at radius 3 is 1.92 bits per heavy atom. The maximum Gasteiger partial charge on any atom is 0.0306 e. The molecule has 13 heavy (non-hydrogen) atoms. The summed E-state index contributed by atoms with van der Waals surface area (Å²) < 4.78 is 0. The van der Waals surface area contributed by atoms with Crippen molar-refractivity contribution in [1.29, 1.82) is 0 Å². The highest BCUT2D eigenvalue weighted by Crippen LogP contribution is 2.37. The van der Waals surface area contributed by atoms with Gasteiger partial charge in [-0.1, -0.05) is 47.6 Å². The average molecular weight is 179 g/mol. The lowest BCUT2D eigenvalue weighted by Gasteiger charge is -2.33. The smallest absolute Gasteiger partial charge is 0.0306 e. The standard InChI is InChI=1S/C12H21N/c1-11(2,3)9-7-8-13-10(9)12(4,5)6/h7-9H,1-6H3. The fourth-order valence-corrected chi connectivity index (χ4v) is 1.74. The molecule has 1 aliphatic heterocycles. The fraction of sp³-hybridized carbons (Fsp3) is 0.750. The van der Waals surface area contributed by atoms with E-state index in [-0.39, 0.29) is 5.41 Å². The summed E-state index contributed by atoms with van der Waals surface area (Å²) in [6.07, 6.45) is 4.18. The molecule has 1 heteroatoms. The zero-order valence-electron chi connectivity index (χ0n) is 9.68. The number of rotatable bonds is 0. The molecule has 1 nitrogen and oxygen atoms in total. The molecule has 0 saturated carbocycles. The highest BCUT2D eigenvalue weighted by atomic mass is 14.8. The quantitative estimate of drug-likeness (QED) is 0.538. The Bertz CT molecular complexity index is 245. The van der Waals surface area contributed by atoms with Crippen LogP contribution in [-0.4, -0.2) is 5.71 Å². The van der Waals surface area contributed by atoms with E-state index >= 15 is 0 Å². The van der Waals surface area contributed by atoms with Crippen LogP contribution in [0, 0.1) is 16.7 Å². The molecule has 0 aromatic carbocycles. The predicted molar refractivity (Wildman–Crippen MR) is 59.0 cm³/mol. The number of allylic oxidation sites excluding steroid dienone is 1. The highest BCUT2D eigenvalue weighted by molar-refractivity contribution is 5.95. The van der Waals surface area contributed by atoms with Gasteiger partial charge in [0.2, 0.25) is 0 Å². The van der Waals surface area contributed by atoms with Crippen LogP contribution in [0.1, 0.15) is 41.5 Å². The predicted octanol–water partition coefficient (Wildman–Crippen LogP) is 3.66. The molecular formula is C12H21N. The summed E-state index contributed by atoms with van der Waals surface area (Å²) >= 11 is 0. The fourth-order valence-electron chi connectivity index (χ4n) is 1.74. The Kier molecular flexibility index (Phi) is 2.40. The van der Waals surface area contributed by atoms with Crippen LogP contribution in [0.5, 0.6) is 0 Å². The molecule has 0 fully saturated rings. The van der Waals surface area contributed by atoms with Gasteiger partial charge >= 0.3 is 0 Å². The van der Waals surface area contributed by atoms with E-state index in [9.17, 15) is 0 Å². The minimum Gasteiger partial charge on any atom is -0.265 e. The van der Waals surface area contributed by atoms with Crippen LogP contribution >= 0.6 is 0 Å². The number of nitrogens with zero attached hydrogens (tertiary/aromatic N) is 1. The van der Waals surface area contributed by atoms with Crippen LogP contribution in [0.2, 0.25) is 0 Å². The first-order valence-corrected chi connectivity index (χ1v) is 4.98. The summed E-state index contributed by atoms with van der Waals surface area (Å²) in [5, 5.41) is 0. The van der Waals surface area contributed by atoms with Crippen molar-refractivity contribution in [2.75, 3.05) is 0 Å². The van der Waals surface area contributed by atoms with Gasteiger partial charge in [-0.3, -0.25) is 4.99 Å². The minimum absolute atomic E-state index is 0.196. The second kappa shape index (κ2) is 2.97. The van der Waals surface area contributed by atoms with Crippen LogP contribution in [-0.2, 0) is 0 Å². The molecule has 0 aromatic heterocycles. The molecule has 0 amide bonds. The average Bonchev–Trinajstić information content (AvgIpc) is 2.27. The van der Waals surface area contributed by atoms with Gasteiger partial charge in [-0.2, -0.15) is 0 Å². The molecule has 1 unspecified atom stereocenters. The molecule has 0 N–H and O–H groups in total. The first kappa shape index (κ1) is 10.5. The maximum atomic E-state index is 4.49. The van der Waals surface area contributed by atoms with Gasteiger partial charge in [0, 0.05) is 23.2 Å². The second-order valence-corrected chi connectivity index (χ2v) is 5.95. The monoisotopic (exact) mass is 179 g/mol. The lowest BCUT2D eigenvalue weighted by molar-refractivity contribution is 0.346. The lowest BCUT2D eigenvalue weighted by Crippen LogP contribution is -2.33. The van der Waals surface area contributed by atoms with Crippen molar-refractivity contribution in [3.05, 3.63) is 12.3 Å². The van der Waals surface area contributed by atoms with E-state index in [2.05, 4.69) is 52.6 Å². The van der Waals surface area contributed by atoms with Crippen molar-refractivity contribution in [3.8, 4) is 0 Å². The number of hydrogen-bond donors (Lipinski definition) is 0. The third kappa shape index (κ3) is 2.20. The van der Waals surface area contributed by atoms with Crippen molar-refractivity contribution < 1.29 is 0 Å². The molecule has 1 atom stereocenters. The molecule has 0 bridgehead atoms. The Balaban J connectivity index is 2.92. The zero-order valence-corrected chi connectivity index (χ0v) is 9.68. The van der Waals surface area contributed by atoms with Crippen LogP contribution in [0.4, 0.5) is 0 Å². The van der Waals surface area contributed by atoms with Gasteiger partial charge < -0.3 is 0 Å². The van der Waals surface area contributed by atoms with Gasteiger partial charge in [-0.15, -0.1) is 0 Å². The summed E-state index contributed by atoms with van der Waals surface area (Å²) in [6.45, 7) is 13.5.